The zero-order valence-electron chi connectivity index (χ0n) is 13.1. The van der Waals surface area contributed by atoms with Gasteiger partial charge in [-0.2, -0.15) is 0 Å². The van der Waals surface area contributed by atoms with Gasteiger partial charge in [-0.05, 0) is 44.9 Å². The highest BCUT2D eigenvalue weighted by Crippen LogP contribution is 2.20. The number of rotatable bonds is 7. The van der Waals surface area contributed by atoms with Crippen molar-refractivity contribution in [2.24, 2.45) is 0 Å². The van der Waals surface area contributed by atoms with Gasteiger partial charge in [0.25, 0.3) is 0 Å². The maximum Gasteiger partial charge on any atom is 0.237 e. The van der Waals surface area contributed by atoms with Crippen LogP contribution >= 0.6 is 0 Å². The van der Waals surface area contributed by atoms with Crippen molar-refractivity contribution in [3.05, 3.63) is 29.8 Å². The zero-order valence-corrected chi connectivity index (χ0v) is 13.1. The van der Waals surface area contributed by atoms with Crippen molar-refractivity contribution in [3.8, 4) is 5.75 Å². The summed E-state index contributed by atoms with van der Waals surface area (Å²) in [7, 11) is 1.66. The number of hydrogen-bond acceptors (Lipinski definition) is 3. The highest BCUT2D eigenvalue weighted by atomic mass is 16.5. The molecule has 0 saturated carbocycles. The molecule has 112 valence electrons. The number of carbonyl (C=O) groups excluding carboxylic acids is 1. The average molecular weight is 278 g/mol. The van der Waals surface area contributed by atoms with Gasteiger partial charge >= 0.3 is 0 Å². The molecule has 0 spiro atoms. The van der Waals surface area contributed by atoms with Crippen molar-refractivity contribution in [2.75, 3.05) is 7.11 Å². The topological polar surface area (TPSA) is 50.4 Å². The third-order valence-electron chi connectivity index (χ3n) is 3.20. The third-order valence-corrected chi connectivity index (χ3v) is 3.20. The van der Waals surface area contributed by atoms with Crippen molar-refractivity contribution >= 4 is 5.91 Å². The number of carbonyl (C=O) groups is 1. The second-order valence-corrected chi connectivity index (χ2v) is 5.29. The van der Waals surface area contributed by atoms with Crippen LogP contribution in [-0.2, 0) is 4.79 Å². The van der Waals surface area contributed by atoms with Gasteiger partial charge in [0.15, 0.2) is 0 Å². The predicted octanol–water partition coefficient (Wildman–Crippen LogP) is 2.65. The van der Waals surface area contributed by atoms with Crippen LogP contribution in [0.15, 0.2) is 24.3 Å². The lowest BCUT2D eigenvalue weighted by Gasteiger charge is -2.23. The number of hydrogen-bond donors (Lipinski definition) is 2. The SMILES string of the molecule is CC[C@H](N[C@@H](C)C(=O)NC(C)C)c1ccc(OC)cc1. The molecule has 0 fully saturated rings. The molecule has 0 unspecified atom stereocenters. The molecule has 20 heavy (non-hydrogen) atoms. The first kappa shape index (κ1) is 16.5. The van der Waals surface area contributed by atoms with Crippen LogP contribution in [-0.4, -0.2) is 25.1 Å². The van der Waals surface area contributed by atoms with E-state index >= 15 is 0 Å². The number of ether oxygens (including phenoxy) is 1. The maximum absolute atomic E-state index is 11.9. The van der Waals surface area contributed by atoms with Crippen LogP contribution in [0.1, 0.15) is 45.7 Å². The molecule has 0 heterocycles. The Morgan fingerprint density at radius 3 is 2.25 bits per heavy atom. The smallest absolute Gasteiger partial charge is 0.237 e. The lowest BCUT2D eigenvalue weighted by molar-refractivity contribution is -0.123. The highest BCUT2D eigenvalue weighted by Gasteiger charge is 2.18. The Labute approximate surface area is 121 Å². The summed E-state index contributed by atoms with van der Waals surface area (Å²) >= 11 is 0. The van der Waals surface area contributed by atoms with E-state index in [1.165, 1.54) is 0 Å². The maximum atomic E-state index is 11.9. The first-order chi connectivity index (χ1) is 9.47. The summed E-state index contributed by atoms with van der Waals surface area (Å²) in [5, 5.41) is 6.29. The molecule has 2 atom stereocenters. The Bertz CT molecular complexity index is 415. The van der Waals surface area contributed by atoms with Gasteiger partial charge in [0, 0.05) is 12.1 Å². The Morgan fingerprint density at radius 2 is 1.80 bits per heavy atom. The van der Waals surface area contributed by atoms with Gasteiger partial charge in [0.05, 0.1) is 13.2 Å². The van der Waals surface area contributed by atoms with Gasteiger partial charge in [-0.25, -0.2) is 0 Å². The molecule has 0 aliphatic rings. The van der Waals surface area contributed by atoms with E-state index in [4.69, 9.17) is 4.74 Å². The zero-order chi connectivity index (χ0) is 15.1. The van der Waals surface area contributed by atoms with Gasteiger partial charge in [0.1, 0.15) is 5.75 Å². The summed E-state index contributed by atoms with van der Waals surface area (Å²) in [4.78, 5) is 11.9. The monoisotopic (exact) mass is 278 g/mol. The van der Waals surface area contributed by atoms with E-state index < -0.39 is 0 Å². The van der Waals surface area contributed by atoms with Crippen molar-refractivity contribution in [3.63, 3.8) is 0 Å². The number of benzene rings is 1. The quantitative estimate of drug-likeness (QED) is 0.806. The Morgan fingerprint density at radius 1 is 1.20 bits per heavy atom. The van der Waals surface area contributed by atoms with Gasteiger partial charge in [-0.15, -0.1) is 0 Å². The summed E-state index contributed by atoms with van der Waals surface area (Å²) in [5.74, 6) is 0.876. The van der Waals surface area contributed by atoms with Gasteiger partial charge in [-0.3, -0.25) is 10.1 Å². The molecule has 2 N–H and O–H groups in total. The second-order valence-electron chi connectivity index (χ2n) is 5.29. The van der Waals surface area contributed by atoms with Crippen LogP contribution in [0, 0.1) is 0 Å². The minimum atomic E-state index is -0.218. The number of nitrogens with one attached hydrogen (secondary N) is 2. The van der Waals surface area contributed by atoms with E-state index in [1.807, 2.05) is 45.0 Å². The predicted molar refractivity (Wildman–Crippen MR) is 81.9 cm³/mol. The lowest BCUT2D eigenvalue weighted by Crippen LogP contribution is -2.45. The molecule has 1 aromatic rings. The van der Waals surface area contributed by atoms with Crippen molar-refractivity contribution < 1.29 is 9.53 Å². The summed E-state index contributed by atoms with van der Waals surface area (Å²) in [6.45, 7) is 7.93. The normalized spacial score (nSPS) is 13.9. The molecule has 4 nitrogen and oxygen atoms in total. The number of methoxy groups -OCH3 is 1. The molecule has 1 rings (SSSR count). The van der Waals surface area contributed by atoms with Crippen LogP contribution in [0.25, 0.3) is 0 Å². The molecule has 0 aliphatic heterocycles. The van der Waals surface area contributed by atoms with Crippen molar-refractivity contribution in [1.82, 2.24) is 10.6 Å². The molecule has 0 saturated heterocycles. The van der Waals surface area contributed by atoms with Gasteiger partial charge in [-0.1, -0.05) is 19.1 Å². The lowest BCUT2D eigenvalue weighted by atomic mass is 10.0. The van der Waals surface area contributed by atoms with Crippen molar-refractivity contribution in [2.45, 2.75) is 52.2 Å². The van der Waals surface area contributed by atoms with E-state index in [9.17, 15) is 4.79 Å². The van der Waals surface area contributed by atoms with Crippen LogP contribution < -0.4 is 15.4 Å². The fourth-order valence-corrected chi connectivity index (χ4v) is 2.07. The summed E-state index contributed by atoms with van der Waals surface area (Å²) in [6, 6.07) is 8.06. The van der Waals surface area contributed by atoms with Gasteiger partial charge < -0.3 is 10.1 Å². The van der Waals surface area contributed by atoms with Crippen LogP contribution in [0.5, 0.6) is 5.75 Å². The Hall–Kier alpha value is -1.55. The van der Waals surface area contributed by atoms with E-state index in [2.05, 4.69) is 17.6 Å². The molecule has 1 aromatic carbocycles. The third kappa shape index (κ3) is 4.85. The fourth-order valence-electron chi connectivity index (χ4n) is 2.07. The summed E-state index contributed by atoms with van der Waals surface area (Å²) in [6.07, 6.45) is 0.922. The molecule has 0 aliphatic carbocycles. The fraction of sp³-hybridized carbons (Fsp3) is 0.562. The van der Waals surface area contributed by atoms with E-state index in [0.717, 1.165) is 17.7 Å². The summed E-state index contributed by atoms with van der Waals surface area (Å²) < 4.78 is 5.16. The largest absolute Gasteiger partial charge is 0.497 e. The second kappa shape index (κ2) is 7.90. The average Bonchev–Trinajstić information content (AvgIpc) is 2.43. The first-order valence-electron chi connectivity index (χ1n) is 7.18. The molecular weight excluding hydrogens is 252 g/mol. The highest BCUT2D eigenvalue weighted by molar-refractivity contribution is 5.81. The molecule has 0 bridgehead atoms. The van der Waals surface area contributed by atoms with Crippen LogP contribution in [0.3, 0.4) is 0 Å². The standard InChI is InChI=1S/C16H26N2O2/c1-6-15(13-7-9-14(20-5)10-8-13)18-12(4)16(19)17-11(2)3/h7-12,15,18H,6H2,1-5H3,(H,17,19)/t12-,15-/m0/s1. The Kier molecular flexibility index (Phi) is 6.52. The van der Waals surface area contributed by atoms with E-state index in [1.54, 1.807) is 7.11 Å². The van der Waals surface area contributed by atoms with Crippen LogP contribution in [0.4, 0.5) is 0 Å². The molecule has 1 amide bonds. The van der Waals surface area contributed by atoms with E-state index in [-0.39, 0.29) is 24.0 Å². The van der Waals surface area contributed by atoms with E-state index in [0.29, 0.717) is 0 Å². The molecule has 0 aromatic heterocycles. The molecule has 4 heteroatoms. The minimum absolute atomic E-state index is 0.0342. The molecular formula is C16H26N2O2. The Balaban J connectivity index is 2.68. The van der Waals surface area contributed by atoms with Crippen molar-refractivity contribution in [1.29, 1.82) is 0 Å². The van der Waals surface area contributed by atoms with Crippen LogP contribution in [0.2, 0.25) is 0 Å². The number of amides is 1. The minimum Gasteiger partial charge on any atom is -0.497 e. The first-order valence-corrected chi connectivity index (χ1v) is 7.18. The molecule has 0 radical (unpaired) electrons. The summed E-state index contributed by atoms with van der Waals surface area (Å²) in [5.41, 5.74) is 1.16. The van der Waals surface area contributed by atoms with Gasteiger partial charge in [0.2, 0.25) is 5.91 Å².